The second-order valence-corrected chi connectivity index (χ2v) is 8.59. The van der Waals surface area contributed by atoms with Crippen molar-refractivity contribution in [1.82, 2.24) is 19.8 Å². The van der Waals surface area contributed by atoms with E-state index in [0.717, 1.165) is 42.8 Å². The van der Waals surface area contributed by atoms with Gasteiger partial charge in [0.05, 0.1) is 12.2 Å². The summed E-state index contributed by atoms with van der Waals surface area (Å²) in [6, 6.07) is 10.3. The lowest BCUT2D eigenvalue weighted by molar-refractivity contribution is -0.134. The van der Waals surface area contributed by atoms with Gasteiger partial charge in [0.2, 0.25) is 5.91 Å². The van der Waals surface area contributed by atoms with E-state index in [1.807, 2.05) is 35.2 Å². The Balaban J connectivity index is 1.47. The number of nitrogens with one attached hydrogen (secondary N) is 1. The maximum atomic E-state index is 13.2. The molecule has 6 nitrogen and oxygen atoms in total. The van der Waals surface area contributed by atoms with E-state index in [-0.39, 0.29) is 23.8 Å². The van der Waals surface area contributed by atoms with Crippen molar-refractivity contribution < 1.29 is 9.59 Å². The first kappa shape index (κ1) is 18.4. The molecule has 0 unspecified atom stereocenters. The fourth-order valence-electron chi connectivity index (χ4n) is 4.63. The minimum absolute atomic E-state index is 0.0939. The fourth-order valence-corrected chi connectivity index (χ4v) is 4.63. The van der Waals surface area contributed by atoms with E-state index in [4.69, 9.17) is 4.98 Å². The third-order valence-electron chi connectivity index (χ3n) is 6.43. The van der Waals surface area contributed by atoms with E-state index in [9.17, 15) is 9.59 Å². The van der Waals surface area contributed by atoms with E-state index in [1.165, 1.54) is 19.3 Å². The number of rotatable bonds is 4. The summed E-state index contributed by atoms with van der Waals surface area (Å²) in [5, 5.41) is 3.21. The summed E-state index contributed by atoms with van der Waals surface area (Å²) in [4.78, 5) is 32.5. The highest BCUT2D eigenvalue weighted by molar-refractivity contribution is 5.94. The molecule has 152 valence electrons. The van der Waals surface area contributed by atoms with Gasteiger partial charge in [0.25, 0.3) is 5.91 Å². The molecule has 0 atom stereocenters. The van der Waals surface area contributed by atoms with Gasteiger partial charge in [-0.05, 0) is 25.7 Å². The van der Waals surface area contributed by atoms with Crippen LogP contribution in [-0.2, 0) is 17.9 Å². The average Bonchev–Trinajstić information content (AvgIpc) is 3.54. The molecule has 0 spiro atoms. The quantitative estimate of drug-likeness (QED) is 0.868. The molecule has 29 heavy (non-hydrogen) atoms. The number of aromatic nitrogens is 2. The maximum Gasteiger partial charge on any atom is 0.272 e. The molecule has 2 aliphatic carbocycles. The Morgan fingerprint density at radius 2 is 1.72 bits per heavy atom. The lowest BCUT2D eigenvalue weighted by Crippen LogP contribution is -2.41. The van der Waals surface area contributed by atoms with Crippen LogP contribution < -0.4 is 5.32 Å². The monoisotopic (exact) mass is 392 g/mol. The summed E-state index contributed by atoms with van der Waals surface area (Å²) in [7, 11) is 0. The van der Waals surface area contributed by atoms with Gasteiger partial charge in [-0.2, -0.15) is 0 Å². The molecule has 2 saturated carbocycles. The topological polar surface area (TPSA) is 67.2 Å². The van der Waals surface area contributed by atoms with Crippen molar-refractivity contribution in [3.05, 3.63) is 41.7 Å². The normalized spacial score (nSPS) is 19.7. The second-order valence-electron chi connectivity index (χ2n) is 8.59. The van der Waals surface area contributed by atoms with Crippen molar-refractivity contribution in [2.24, 2.45) is 5.92 Å². The highest BCUT2D eigenvalue weighted by atomic mass is 16.2. The Labute approximate surface area is 171 Å². The maximum absolute atomic E-state index is 13.2. The third kappa shape index (κ3) is 3.68. The first-order chi connectivity index (χ1) is 14.2. The predicted molar refractivity (Wildman–Crippen MR) is 110 cm³/mol. The van der Waals surface area contributed by atoms with Crippen LogP contribution in [0.15, 0.2) is 30.3 Å². The molecule has 2 aromatic rings. The molecule has 6 heteroatoms. The van der Waals surface area contributed by atoms with Crippen LogP contribution >= 0.6 is 0 Å². The molecule has 0 radical (unpaired) electrons. The zero-order chi connectivity index (χ0) is 19.8. The molecule has 2 heterocycles. The first-order valence-corrected chi connectivity index (χ1v) is 10.9. The molecule has 3 aliphatic rings. The number of amides is 2. The van der Waals surface area contributed by atoms with Gasteiger partial charge in [0.1, 0.15) is 5.82 Å². The first-order valence-electron chi connectivity index (χ1n) is 10.9. The smallest absolute Gasteiger partial charge is 0.272 e. The van der Waals surface area contributed by atoms with E-state index in [0.29, 0.717) is 25.3 Å². The number of carbonyl (C=O) groups is 2. The molecular weight excluding hydrogens is 364 g/mol. The van der Waals surface area contributed by atoms with Gasteiger partial charge in [0, 0.05) is 30.6 Å². The molecule has 0 saturated heterocycles. The SMILES string of the molecule is O=C(NC1CCCCC1)c1nc(-c2ccccc2)n2c1CN(C(=O)C1CC1)CC2. The Morgan fingerprint density at radius 1 is 0.966 bits per heavy atom. The van der Waals surface area contributed by atoms with Crippen molar-refractivity contribution >= 4 is 11.8 Å². The minimum atomic E-state index is -0.0939. The van der Waals surface area contributed by atoms with Crippen LogP contribution in [0.25, 0.3) is 11.4 Å². The van der Waals surface area contributed by atoms with Crippen molar-refractivity contribution in [1.29, 1.82) is 0 Å². The molecule has 5 rings (SSSR count). The van der Waals surface area contributed by atoms with E-state index < -0.39 is 0 Å². The van der Waals surface area contributed by atoms with Gasteiger partial charge < -0.3 is 14.8 Å². The summed E-state index contributed by atoms with van der Waals surface area (Å²) < 4.78 is 2.14. The summed E-state index contributed by atoms with van der Waals surface area (Å²) in [5.41, 5.74) is 2.37. The Morgan fingerprint density at radius 3 is 2.45 bits per heavy atom. The van der Waals surface area contributed by atoms with Crippen LogP contribution in [0.4, 0.5) is 0 Å². The molecule has 1 aromatic heterocycles. The highest BCUT2D eigenvalue weighted by Crippen LogP contribution is 2.33. The third-order valence-corrected chi connectivity index (χ3v) is 6.43. The zero-order valence-electron chi connectivity index (χ0n) is 16.8. The van der Waals surface area contributed by atoms with Crippen LogP contribution in [0.1, 0.15) is 61.1 Å². The second kappa shape index (κ2) is 7.65. The van der Waals surface area contributed by atoms with Gasteiger partial charge in [0.15, 0.2) is 5.69 Å². The van der Waals surface area contributed by atoms with Crippen molar-refractivity contribution in [3.63, 3.8) is 0 Å². The Kier molecular flexibility index (Phi) is 4.86. The van der Waals surface area contributed by atoms with Crippen LogP contribution in [0, 0.1) is 5.92 Å². The van der Waals surface area contributed by atoms with Gasteiger partial charge in [-0.15, -0.1) is 0 Å². The summed E-state index contributed by atoms with van der Waals surface area (Å²) >= 11 is 0. The van der Waals surface area contributed by atoms with Crippen LogP contribution in [-0.4, -0.2) is 38.9 Å². The Bertz CT molecular complexity index is 910. The molecule has 2 fully saturated rings. The van der Waals surface area contributed by atoms with E-state index >= 15 is 0 Å². The predicted octanol–water partition coefficient (Wildman–Crippen LogP) is 3.36. The number of carbonyl (C=O) groups excluding carboxylic acids is 2. The average molecular weight is 393 g/mol. The largest absolute Gasteiger partial charge is 0.348 e. The lowest BCUT2D eigenvalue weighted by Gasteiger charge is -2.30. The number of benzene rings is 1. The fraction of sp³-hybridized carbons (Fsp3) is 0.522. The van der Waals surface area contributed by atoms with Crippen LogP contribution in [0.3, 0.4) is 0 Å². The standard InChI is InChI=1S/C23H28N4O2/c28-22(24-18-9-5-2-6-10-18)20-19-15-26(23(29)17-11-12-17)13-14-27(19)21(25-20)16-7-3-1-4-8-16/h1,3-4,7-8,17-18H,2,5-6,9-15H2,(H,24,28). The zero-order valence-corrected chi connectivity index (χ0v) is 16.8. The summed E-state index contributed by atoms with van der Waals surface area (Å²) in [5.74, 6) is 1.16. The van der Waals surface area contributed by atoms with Crippen molar-refractivity contribution in [2.75, 3.05) is 6.54 Å². The molecular formula is C23H28N4O2. The number of fused-ring (bicyclic) bond motifs is 1. The Hall–Kier alpha value is -2.63. The van der Waals surface area contributed by atoms with Gasteiger partial charge in [-0.3, -0.25) is 9.59 Å². The molecule has 1 N–H and O–H groups in total. The van der Waals surface area contributed by atoms with Crippen LogP contribution in [0.5, 0.6) is 0 Å². The van der Waals surface area contributed by atoms with Gasteiger partial charge in [-0.25, -0.2) is 4.98 Å². The van der Waals surface area contributed by atoms with Gasteiger partial charge >= 0.3 is 0 Å². The van der Waals surface area contributed by atoms with E-state index in [2.05, 4.69) is 9.88 Å². The molecule has 0 bridgehead atoms. The lowest BCUT2D eigenvalue weighted by atomic mass is 9.95. The number of hydrogen-bond donors (Lipinski definition) is 1. The highest BCUT2D eigenvalue weighted by Gasteiger charge is 2.37. The van der Waals surface area contributed by atoms with Crippen LogP contribution in [0.2, 0.25) is 0 Å². The van der Waals surface area contributed by atoms with Crippen molar-refractivity contribution in [3.8, 4) is 11.4 Å². The molecule has 2 amide bonds. The summed E-state index contributed by atoms with van der Waals surface area (Å²) in [6.07, 6.45) is 7.68. The number of hydrogen-bond acceptors (Lipinski definition) is 3. The van der Waals surface area contributed by atoms with E-state index in [1.54, 1.807) is 0 Å². The number of nitrogens with zero attached hydrogens (tertiary/aromatic N) is 3. The molecule has 1 aromatic carbocycles. The van der Waals surface area contributed by atoms with Gasteiger partial charge in [-0.1, -0.05) is 49.6 Å². The molecule has 1 aliphatic heterocycles. The summed E-state index contributed by atoms with van der Waals surface area (Å²) in [6.45, 7) is 1.84. The van der Waals surface area contributed by atoms with Crippen molar-refractivity contribution in [2.45, 2.75) is 64.1 Å². The number of imidazole rings is 1. The minimum Gasteiger partial charge on any atom is -0.348 e.